The van der Waals surface area contributed by atoms with Gasteiger partial charge in [-0.2, -0.15) is 0 Å². The van der Waals surface area contributed by atoms with Gasteiger partial charge in [-0.3, -0.25) is 4.79 Å². The fourth-order valence-electron chi connectivity index (χ4n) is 2.92. The number of esters is 1. The number of ether oxygens (including phenoxy) is 1. The van der Waals surface area contributed by atoms with E-state index >= 15 is 0 Å². The molecule has 0 heterocycles. The summed E-state index contributed by atoms with van der Waals surface area (Å²) in [5, 5.41) is 0. The van der Waals surface area contributed by atoms with Gasteiger partial charge in [0.1, 0.15) is 5.75 Å². The van der Waals surface area contributed by atoms with Crippen LogP contribution in [0, 0.1) is 0 Å². The fraction of sp³-hybridized carbons (Fsp3) is 0.120. The minimum absolute atomic E-state index is 0.100. The molecule has 3 aromatic rings. The highest BCUT2D eigenvalue weighted by Gasteiger charge is 2.09. The molecular formula is C25H22O3. The predicted molar refractivity (Wildman–Crippen MR) is 112 cm³/mol. The van der Waals surface area contributed by atoms with Gasteiger partial charge in [0.15, 0.2) is 5.78 Å². The van der Waals surface area contributed by atoms with Crippen LogP contribution in [0.25, 0.3) is 11.1 Å². The highest BCUT2D eigenvalue weighted by molar-refractivity contribution is 6.04. The normalized spacial score (nSPS) is 10.3. The van der Waals surface area contributed by atoms with Gasteiger partial charge in [-0.05, 0) is 53.5 Å². The Hall–Kier alpha value is -3.46. The molecule has 0 atom stereocenters. The van der Waals surface area contributed by atoms with Crippen molar-refractivity contribution in [2.75, 3.05) is 0 Å². The Labute approximate surface area is 165 Å². The van der Waals surface area contributed by atoms with Crippen molar-refractivity contribution in [1.82, 2.24) is 0 Å². The van der Waals surface area contributed by atoms with Crippen molar-refractivity contribution in [2.45, 2.75) is 19.8 Å². The van der Waals surface area contributed by atoms with Crippen molar-refractivity contribution in [3.63, 3.8) is 0 Å². The maximum Gasteiger partial charge on any atom is 0.343 e. The van der Waals surface area contributed by atoms with Gasteiger partial charge in [-0.1, -0.05) is 68.5 Å². The molecule has 0 aliphatic carbocycles. The molecule has 3 rings (SSSR count). The summed E-state index contributed by atoms with van der Waals surface area (Å²) in [7, 11) is 0. The van der Waals surface area contributed by atoms with Crippen molar-refractivity contribution in [3.8, 4) is 16.9 Å². The summed E-state index contributed by atoms with van der Waals surface area (Å²) in [4.78, 5) is 23.9. The zero-order chi connectivity index (χ0) is 19.9. The maximum absolute atomic E-state index is 12.3. The van der Waals surface area contributed by atoms with Crippen LogP contribution in [0.15, 0.2) is 85.5 Å². The molecule has 0 fully saturated rings. The van der Waals surface area contributed by atoms with Gasteiger partial charge in [-0.15, -0.1) is 0 Å². The van der Waals surface area contributed by atoms with Crippen LogP contribution in [0.4, 0.5) is 0 Å². The molecule has 0 bridgehead atoms. The van der Waals surface area contributed by atoms with Gasteiger partial charge in [-0.25, -0.2) is 4.79 Å². The minimum atomic E-state index is -0.372. The Balaban J connectivity index is 1.67. The molecule has 0 saturated heterocycles. The first-order chi connectivity index (χ1) is 13.6. The second kappa shape index (κ2) is 8.96. The number of carbonyl (C=O) groups excluding carboxylic acids is 2. The number of aryl methyl sites for hydroxylation is 1. The summed E-state index contributed by atoms with van der Waals surface area (Å²) in [6, 6.07) is 22.1. The molecule has 0 amide bonds. The number of rotatable bonds is 7. The van der Waals surface area contributed by atoms with Crippen molar-refractivity contribution in [1.29, 1.82) is 0 Å². The number of ketones is 1. The Kier molecular flexibility index (Phi) is 6.18. The lowest BCUT2D eigenvalue weighted by Crippen LogP contribution is -2.08. The molecule has 3 nitrogen and oxygen atoms in total. The quantitative estimate of drug-likeness (QED) is 0.225. The summed E-state index contributed by atoms with van der Waals surface area (Å²) < 4.78 is 5.46. The Morgan fingerprint density at radius 1 is 0.821 bits per heavy atom. The number of hydrogen-bond acceptors (Lipinski definition) is 3. The lowest BCUT2D eigenvalue weighted by molar-refractivity contribution is 0.0734. The van der Waals surface area contributed by atoms with Crippen molar-refractivity contribution < 1.29 is 14.3 Å². The first-order valence-corrected chi connectivity index (χ1v) is 9.29. The summed E-state index contributed by atoms with van der Waals surface area (Å²) >= 11 is 0. The highest BCUT2D eigenvalue weighted by Crippen LogP contribution is 2.23. The largest absolute Gasteiger partial charge is 0.423 e. The van der Waals surface area contributed by atoms with Crippen LogP contribution in [0.3, 0.4) is 0 Å². The zero-order valence-corrected chi connectivity index (χ0v) is 15.9. The molecule has 0 aliphatic heterocycles. The van der Waals surface area contributed by atoms with Gasteiger partial charge in [0.05, 0.1) is 5.56 Å². The molecule has 0 saturated carbocycles. The summed E-state index contributed by atoms with van der Waals surface area (Å²) in [5.74, 6) is 0.0180. The molecule has 0 N–H and O–H groups in total. The van der Waals surface area contributed by atoms with Gasteiger partial charge in [0.25, 0.3) is 0 Å². The molecule has 0 aromatic heterocycles. The topological polar surface area (TPSA) is 43.4 Å². The molecular weight excluding hydrogens is 348 g/mol. The van der Waals surface area contributed by atoms with E-state index in [0.717, 1.165) is 24.0 Å². The van der Waals surface area contributed by atoms with Crippen LogP contribution in [0.5, 0.6) is 5.75 Å². The van der Waals surface area contributed by atoms with E-state index in [4.69, 9.17) is 4.74 Å². The number of benzene rings is 3. The Morgan fingerprint density at radius 3 is 1.89 bits per heavy atom. The van der Waals surface area contributed by atoms with Crippen molar-refractivity contribution in [3.05, 3.63) is 102 Å². The van der Waals surface area contributed by atoms with E-state index in [1.165, 1.54) is 11.6 Å². The molecule has 0 aliphatic rings. The molecule has 0 radical (unpaired) electrons. The van der Waals surface area contributed by atoms with Crippen LogP contribution in [0.2, 0.25) is 0 Å². The SMILES string of the molecule is C=CC(=O)c1ccc(-c2ccc(OC(=O)c3ccc(CCC)cc3)cc2)cc1. The van der Waals surface area contributed by atoms with Crippen LogP contribution < -0.4 is 4.74 Å². The summed E-state index contributed by atoms with van der Waals surface area (Å²) in [6.07, 6.45) is 3.37. The minimum Gasteiger partial charge on any atom is -0.423 e. The first kappa shape index (κ1) is 19.3. The van der Waals surface area contributed by atoms with Gasteiger partial charge in [0.2, 0.25) is 0 Å². The van der Waals surface area contributed by atoms with E-state index in [2.05, 4.69) is 13.5 Å². The van der Waals surface area contributed by atoms with Crippen LogP contribution in [0.1, 0.15) is 39.6 Å². The fourth-order valence-corrected chi connectivity index (χ4v) is 2.92. The van der Waals surface area contributed by atoms with E-state index in [9.17, 15) is 9.59 Å². The molecule has 0 unspecified atom stereocenters. The van der Waals surface area contributed by atoms with E-state index in [1.54, 1.807) is 36.4 Å². The van der Waals surface area contributed by atoms with Gasteiger partial charge in [0, 0.05) is 5.56 Å². The second-order valence-electron chi connectivity index (χ2n) is 6.51. The second-order valence-corrected chi connectivity index (χ2v) is 6.51. The standard InChI is InChI=1S/C25H22O3/c1-3-5-18-6-8-22(9-7-18)25(27)28-23-16-14-20(15-17-23)19-10-12-21(13-11-19)24(26)4-2/h4,6-17H,2-3,5H2,1H3. The molecule has 0 spiro atoms. The van der Waals surface area contributed by atoms with Crippen LogP contribution in [-0.4, -0.2) is 11.8 Å². The van der Waals surface area contributed by atoms with Crippen molar-refractivity contribution >= 4 is 11.8 Å². The third-order valence-electron chi connectivity index (χ3n) is 4.48. The van der Waals surface area contributed by atoms with E-state index in [1.807, 2.05) is 36.4 Å². The van der Waals surface area contributed by atoms with Gasteiger partial charge < -0.3 is 4.74 Å². The number of carbonyl (C=O) groups is 2. The first-order valence-electron chi connectivity index (χ1n) is 9.29. The zero-order valence-electron chi connectivity index (χ0n) is 15.9. The van der Waals surface area contributed by atoms with Crippen LogP contribution in [-0.2, 0) is 6.42 Å². The Morgan fingerprint density at radius 2 is 1.36 bits per heavy atom. The molecule has 3 heteroatoms. The van der Waals surface area contributed by atoms with E-state index < -0.39 is 0 Å². The summed E-state index contributed by atoms with van der Waals surface area (Å²) in [5.41, 5.74) is 4.30. The molecule has 140 valence electrons. The number of allylic oxidation sites excluding steroid dienone is 1. The van der Waals surface area contributed by atoms with E-state index in [-0.39, 0.29) is 11.8 Å². The van der Waals surface area contributed by atoms with Crippen molar-refractivity contribution in [2.24, 2.45) is 0 Å². The monoisotopic (exact) mass is 370 g/mol. The summed E-state index contributed by atoms with van der Waals surface area (Å²) in [6.45, 7) is 5.62. The third-order valence-corrected chi connectivity index (χ3v) is 4.48. The molecule has 3 aromatic carbocycles. The average molecular weight is 370 g/mol. The van der Waals surface area contributed by atoms with E-state index in [0.29, 0.717) is 16.9 Å². The number of hydrogen-bond donors (Lipinski definition) is 0. The predicted octanol–water partition coefficient (Wildman–Crippen LogP) is 5.89. The molecule has 28 heavy (non-hydrogen) atoms. The van der Waals surface area contributed by atoms with Crippen LogP contribution >= 0.6 is 0 Å². The third kappa shape index (κ3) is 4.63. The highest BCUT2D eigenvalue weighted by atomic mass is 16.5. The smallest absolute Gasteiger partial charge is 0.343 e. The van der Waals surface area contributed by atoms with Gasteiger partial charge >= 0.3 is 5.97 Å². The Bertz CT molecular complexity index is 966. The average Bonchev–Trinajstić information content (AvgIpc) is 2.74. The lowest BCUT2D eigenvalue weighted by Gasteiger charge is -2.07. The maximum atomic E-state index is 12.3. The lowest BCUT2D eigenvalue weighted by atomic mass is 10.0.